The first-order valence-corrected chi connectivity index (χ1v) is 11.2. The largest absolute Gasteiger partial charge is 0.371 e. The zero-order valence-corrected chi connectivity index (χ0v) is 18.3. The van der Waals surface area contributed by atoms with Gasteiger partial charge in [-0.15, -0.1) is 0 Å². The molecule has 166 valence electrons. The van der Waals surface area contributed by atoms with E-state index < -0.39 is 0 Å². The Labute approximate surface area is 188 Å². The van der Waals surface area contributed by atoms with Crippen molar-refractivity contribution in [2.45, 2.75) is 44.7 Å². The summed E-state index contributed by atoms with van der Waals surface area (Å²) in [7, 11) is 0. The number of hydrogen-bond donors (Lipinski definition) is 3. The van der Waals surface area contributed by atoms with Crippen molar-refractivity contribution in [3.8, 4) is 6.07 Å². The number of hydrogen-bond acceptors (Lipinski definition) is 4. The molecule has 1 aliphatic heterocycles. The van der Waals surface area contributed by atoms with Gasteiger partial charge in [0.2, 0.25) is 5.91 Å². The number of benzene rings is 2. The molecule has 1 unspecified atom stereocenters. The summed E-state index contributed by atoms with van der Waals surface area (Å²) in [6.45, 7) is 3.67. The monoisotopic (exact) mass is 431 g/mol. The molecule has 1 atom stereocenters. The second kappa shape index (κ2) is 9.73. The fourth-order valence-corrected chi connectivity index (χ4v) is 3.98. The lowest BCUT2D eigenvalue weighted by Crippen LogP contribution is -2.48. The van der Waals surface area contributed by atoms with Gasteiger partial charge in [0.15, 0.2) is 0 Å². The van der Waals surface area contributed by atoms with Crippen molar-refractivity contribution in [2.75, 3.05) is 23.3 Å². The van der Waals surface area contributed by atoms with Gasteiger partial charge in [0.1, 0.15) is 0 Å². The lowest BCUT2D eigenvalue weighted by atomic mass is 10.0. The number of carbonyl (C=O) groups excluding carboxylic acids is 2. The van der Waals surface area contributed by atoms with Crippen LogP contribution in [0.25, 0.3) is 0 Å². The van der Waals surface area contributed by atoms with Crippen LogP contribution in [-0.4, -0.2) is 31.1 Å². The van der Waals surface area contributed by atoms with Gasteiger partial charge in [-0.2, -0.15) is 5.26 Å². The quantitative estimate of drug-likeness (QED) is 0.645. The number of rotatable bonds is 6. The Kier molecular flexibility index (Phi) is 6.60. The average molecular weight is 432 g/mol. The first kappa shape index (κ1) is 21.7. The Bertz CT molecular complexity index is 984. The molecular formula is C25H29N5O2. The highest BCUT2D eigenvalue weighted by Crippen LogP contribution is 2.30. The molecule has 0 radical (unpaired) electrons. The number of anilines is 2. The van der Waals surface area contributed by atoms with Crippen LogP contribution in [0.5, 0.6) is 0 Å². The number of carbonyl (C=O) groups is 2. The van der Waals surface area contributed by atoms with Crippen molar-refractivity contribution in [2.24, 2.45) is 5.92 Å². The summed E-state index contributed by atoms with van der Waals surface area (Å²) in [6.07, 6.45) is 3.71. The molecule has 7 heteroatoms. The first-order chi connectivity index (χ1) is 15.5. The first-order valence-electron chi connectivity index (χ1n) is 11.2. The molecule has 2 aliphatic rings. The Hall–Kier alpha value is -3.53. The minimum atomic E-state index is -0.166. The third-order valence-corrected chi connectivity index (χ3v) is 6.17. The van der Waals surface area contributed by atoms with Gasteiger partial charge in [-0.05, 0) is 74.6 Å². The van der Waals surface area contributed by atoms with Gasteiger partial charge in [-0.25, -0.2) is 4.79 Å². The Balaban J connectivity index is 1.21. The van der Waals surface area contributed by atoms with Crippen molar-refractivity contribution in [3.05, 3.63) is 59.7 Å². The fourth-order valence-electron chi connectivity index (χ4n) is 3.98. The number of urea groups is 1. The average Bonchev–Trinajstić information content (AvgIpc) is 3.66. The summed E-state index contributed by atoms with van der Waals surface area (Å²) >= 11 is 0. The second-order valence-electron chi connectivity index (χ2n) is 8.65. The smallest absolute Gasteiger partial charge is 0.315 e. The summed E-state index contributed by atoms with van der Waals surface area (Å²) < 4.78 is 0. The lowest BCUT2D eigenvalue weighted by molar-refractivity contribution is -0.117. The molecule has 0 aromatic heterocycles. The molecule has 2 fully saturated rings. The van der Waals surface area contributed by atoms with E-state index in [0.717, 1.165) is 55.7 Å². The molecule has 1 saturated heterocycles. The molecule has 32 heavy (non-hydrogen) atoms. The maximum atomic E-state index is 12.5. The summed E-state index contributed by atoms with van der Waals surface area (Å²) in [5.74, 6) is 0.267. The van der Waals surface area contributed by atoms with Crippen LogP contribution in [0.15, 0.2) is 48.5 Å². The van der Waals surface area contributed by atoms with E-state index >= 15 is 0 Å². The van der Waals surface area contributed by atoms with Crippen molar-refractivity contribution < 1.29 is 9.59 Å². The van der Waals surface area contributed by atoms with Crippen molar-refractivity contribution in [3.63, 3.8) is 0 Å². The molecule has 0 spiro atoms. The number of amides is 3. The molecule has 4 rings (SSSR count). The van der Waals surface area contributed by atoms with Gasteiger partial charge >= 0.3 is 6.03 Å². The molecule has 1 heterocycles. The fraction of sp³-hybridized carbons (Fsp3) is 0.400. The zero-order valence-electron chi connectivity index (χ0n) is 18.3. The van der Waals surface area contributed by atoms with Gasteiger partial charge in [0, 0.05) is 36.4 Å². The van der Waals surface area contributed by atoms with E-state index in [1.165, 1.54) is 0 Å². The third-order valence-electron chi connectivity index (χ3n) is 6.17. The topological polar surface area (TPSA) is 97.3 Å². The van der Waals surface area contributed by atoms with Gasteiger partial charge in [-0.3, -0.25) is 4.79 Å². The van der Waals surface area contributed by atoms with Crippen LogP contribution < -0.4 is 20.9 Å². The van der Waals surface area contributed by atoms with Crippen LogP contribution in [-0.2, 0) is 4.79 Å². The summed E-state index contributed by atoms with van der Waals surface area (Å²) in [5.41, 5.74) is 3.54. The van der Waals surface area contributed by atoms with Crippen LogP contribution in [0.2, 0.25) is 0 Å². The molecule has 0 bridgehead atoms. The highest BCUT2D eigenvalue weighted by molar-refractivity contribution is 5.94. The predicted molar refractivity (Wildman–Crippen MR) is 124 cm³/mol. The van der Waals surface area contributed by atoms with E-state index in [1.54, 1.807) is 0 Å². The second-order valence-corrected chi connectivity index (χ2v) is 8.65. The molecule has 2 aromatic carbocycles. The molecule has 3 N–H and O–H groups in total. The molecule has 1 aliphatic carbocycles. The highest BCUT2D eigenvalue weighted by Gasteiger charge is 2.29. The minimum Gasteiger partial charge on any atom is -0.371 e. The van der Waals surface area contributed by atoms with Crippen LogP contribution in [0.3, 0.4) is 0 Å². The maximum Gasteiger partial charge on any atom is 0.315 e. The molecule has 3 amide bonds. The minimum absolute atomic E-state index is 0.0912. The van der Waals surface area contributed by atoms with Crippen LogP contribution in [0.4, 0.5) is 16.2 Å². The zero-order chi connectivity index (χ0) is 22.5. The van der Waals surface area contributed by atoms with E-state index in [2.05, 4.69) is 26.9 Å². The van der Waals surface area contributed by atoms with Gasteiger partial charge < -0.3 is 20.9 Å². The van der Waals surface area contributed by atoms with Crippen LogP contribution in [0, 0.1) is 17.2 Å². The van der Waals surface area contributed by atoms with E-state index in [-0.39, 0.29) is 29.9 Å². The summed E-state index contributed by atoms with van der Waals surface area (Å²) in [4.78, 5) is 26.6. The standard InChI is InChI=1S/C25H29N5O2/c1-17(19-6-8-21(9-7-19)28-24(31)20-4-5-20)27-25(32)29-22-12-14-30(15-13-22)23-10-2-18(16-26)3-11-23/h2-3,6-11,17,20,22H,4-5,12-15H2,1H3,(H,28,31)(H2,27,29,32). The van der Waals surface area contributed by atoms with Crippen molar-refractivity contribution in [1.29, 1.82) is 5.26 Å². The van der Waals surface area contributed by atoms with Gasteiger partial charge in [0.25, 0.3) is 0 Å². The van der Waals surface area contributed by atoms with E-state index in [4.69, 9.17) is 5.26 Å². The third kappa shape index (κ3) is 5.58. The predicted octanol–water partition coefficient (Wildman–Crippen LogP) is 3.94. The van der Waals surface area contributed by atoms with Crippen LogP contribution in [0.1, 0.15) is 49.8 Å². The van der Waals surface area contributed by atoms with E-state index in [0.29, 0.717) is 5.56 Å². The highest BCUT2D eigenvalue weighted by atomic mass is 16.2. The number of piperidine rings is 1. The Morgan fingerprint density at radius 3 is 2.25 bits per heavy atom. The molecule has 7 nitrogen and oxygen atoms in total. The van der Waals surface area contributed by atoms with Crippen molar-refractivity contribution in [1.82, 2.24) is 10.6 Å². The summed E-state index contributed by atoms with van der Waals surface area (Å²) in [6, 6.07) is 17.2. The van der Waals surface area contributed by atoms with Gasteiger partial charge in [-0.1, -0.05) is 12.1 Å². The SMILES string of the molecule is CC(NC(=O)NC1CCN(c2ccc(C#N)cc2)CC1)c1ccc(NC(=O)C2CC2)cc1. The number of nitriles is 1. The molecule has 2 aromatic rings. The lowest BCUT2D eigenvalue weighted by Gasteiger charge is -2.34. The van der Waals surface area contributed by atoms with Gasteiger partial charge in [0.05, 0.1) is 17.7 Å². The number of nitrogens with zero attached hydrogens (tertiary/aromatic N) is 2. The van der Waals surface area contributed by atoms with E-state index in [1.807, 2.05) is 55.5 Å². The molecule has 1 saturated carbocycles. The van der Waals surface area contributed by atoms with Crippen molar-refractivity contribution >= 4 is 23.3 Å². The molecular weight excluding hydrogens is 402 g/mol. The van der Waals surface area contributed by atoms with E-state index in [9.17, 15) is 9.59 Å². The maximum absolute atomic E-state index is 12.5. The Morgan fingerprint density at radius 1 is 1.00 bits per heavy atom. The van der Waals surface area contributed by atoms with Crippen LogP contribution >= 0.6 is 0 Å². The summed E-state index contributed by atoms with van der Waals surface area (Å²) in [5, 5.41) is 18.0. The Morgan fingerprint density at radius 2 is 1.66 bits per heavy atom. The number of nitrogens with one attached hydrogen (secondary N) is 3. The normalized spacial score (nSPS) is 17.2.